The zero-order chi connectivity index (χ0) is 24.1. The Kier molecular flexibility index (Phi) is 6.96. The van der Waals surface area contributed by atoms with Gasteiger partial charge in [0.15, 0.2) is 0 Å². The van der Waals surface area contributed by atoms with E-state index in [2.05, 4.69) is 26.6 Å². The van der Waals surface area contributed by atoms with Crippen LogP contribution < -0.4 is 10.6 Å². The first-order chi connectivity index (χ1) is 16.4. The second-order valence-corrected chi connectivity index (χ2v) is 9.10. The summed E-state index contributed by atoms with van der Waals surface area (Å²) in [5, 5.41) is 25.6. The van der Waals surface area contributed by atoms with Gasteiger partial charge in [0.25, 0.3) is 5.91 Å². The summed E-state index contributed by atoms with van der Waals surface area (Å²) in [4.78, 5) is 26.9. The van der Waals surface area contributed by atoms with Crippen LogP contribution in [-0.4, -0.2) is 35.0 Å². The molecule has 3 amide bonds. The fourth-order valence-electron chi connectivity index (χ4n) is 3.91. The van der Waals surface area contributed by atoms with Crippen LogP contribution in [0.1, 0.15) is 34.3 Å². The largest absolute Gasteiger partial charge is 0.385 e. The van der Waals surface area contributed by atoms with E-state index in [0.29, 0.717) is 48.4 Å². The van der Waals surface area contributed by atoms with E-state index in [0.717, 1.165) is 10.0 Å². The maximum Gasteiger partial charge on any atom is 0.321 e. The number of hydrogen-bond acceptors (Lipinski definition) is 4. The molecule has 8 heteroatoms. The molecule has 4 rings (SSSR count). The number of anilines is 2. The van der Waals surface area contributed by atoms with Crippen LogP contribution in [0.4, 0.5) is 16.2 Å². The number of nitrogens with one attached hydrogen (secondary N) is 2. The number of aliphatic hydroxyl groups is 1. The van der Waals surface area contributed by atoms with Gasteiger partial charge in [0.1, 0.15) is 0 Å². The van der Waals surface area contributed by atoms with E-state index < -0.39 is 5.60 Å². The summed E-state index contributed by atoms with van der Waals surface area (Å²) in [6.45, 7) is 0.848. The lowest BCUT2D eigenvalue weighted by Crippen LogP contribution is -2.46. The number of nitriles is 1. The maximum absolute atomic E-state index is 12.8. The van der Waals surface area contributed by atoms with Crippen molar-refractivity contribution >= 4 is 39.2 Å². The maximum atomic E-state index is 12.8. The lowest BCUT2D eigenvalue weighted by atomic mass is 9.84. The summed E-state index contributed by atoms with van der Waals surface area (Å²) in [6, 6.07) is 22.6. The molecule has 1 aliphatic rings. The fraction of sp³-hybridized carbons (Fsp3) is 0.192. The molecule has 0 saturated carbocycles. The second-order valence-electron chi connectivity index (χ2n) is 8.18. The third-order valence-corrected chi connectivity index (χ3v) is 6.44. The van der Waals surface area contributed by atoms with Gasteiger partial charge in [-0.1, -0.05) is 34.1 Å². The Morgan fingerprint density at radius 3 is 2.18 bits per heavy atom. The standard InChI is InChI=1S/C26H23BrN4O3/c27-21-10-8-20(9-11-21)26(34)12-14-31(15-13-26)25(33)30-23-3-1-2-22(16-23)29-24(32)19-6-4-18(17-28)5-7-19/h1-11,16,34H,12-15H2,(H,29,32)(H,30,33). The number of nitrogens with zero attached hydrogens (tertiary/aromatic N) is 2. The molecule has 1 heterocycles. The summed E-state index contributed by atoms with van der Waals surface area (Å²) in [7, 11) is 0. The minimum atomic E-state index is -0.951. The van der Waals surface area contributed by atoms with Crippen molar-refractivity contribution in [2.75, 3.05) is 23.7 Å². The molecule has 3 aromatic rings. The van der Waals surface area contributed by atoms with Gasteiger partial charge in [0.05, 0.1) is 17.2 Å². The Labute approximate surface area is 206 Å². The van der Waals surface area contributed by atoms with E-state index in [1.807, 2.05) is 30.3 Å². The normalized spacial score (nSPS) is 14.7. The number of carbonyl (C=O) groups is 2. The molecule has 1 aliphatic heterocycles. The van der Waals surface area contributed by atoms with Gasteiger partial charge < -0.3 is 20.6 Å². The van der Waals surface area contributed by atoms with Crippen molar-refractivity contribution in [3.8, 4) is 6.07 Å². The first-order valence-corrected chi connectivity index (χ1v) is 11.6. The lowest BCUT2D eigenvalue weighted by molar-refractivity contribution is -0.0157. The van der Waals surface area contributed by atoms with Crippen LogP contribution >= 0.6 is 15.9 Å². The molecule has 172 valence electrons. The first kappa shape index (κ1) is 23.5. The van der Waals surface area contributed by atoms with Crippen molar-refractivity contribution in [2.45, 2.75) is 18.4 Å². The van der Waals surface area contributed by atoms with Crippen LogP contribution in [0.15, 0.2) is 77.3 Å². The molecule has 7 nitrogen and oxygen atoms in total. The Morgan fingerprint density at radius 1 is 0.941 bits per heavy atom. The average Bonchev–Trinajstić information content (AvgIpc) is 2.85. The molecule has 0 radical (unpaired) electrons. The molecule has 3 aromatic carbocycles. The number of rotatable bonds is 4. The molecule has 0 spiro atoms. The number of hydrogen-bond donors (Lipinski definition) is 3. The minimum Gasteiger partial charge on any atom is -0.385 e. The van der Waals surface area contributed by atoms with E-state index in [9.17, 15) is 14.7 Å². The number of amides is 3. The predicted molar refractivity (Wildman–Crippen MR) is 133 cm³/mol. The summed E-state index contributed by atoms with van der Waals surface area (Å²) < 4.78 is 0.951. The Bertz CT molecular complexity index is 1230. The molecule has 0 atom stereocenters. The SMILES string of the molecule is N#Cc1ccc(C(=O)Nc2cccc(NC(=O)N3CCC(O)(c4ccc(Br)cc4)CC3)c2)cc1. The molecule has 1 saturated heterocycles. The Morgan fingerprint density at radius 2 is 1.56 bits per heavy atom. The Hall–Kier alpha value is -3.67. The number of piperidine rings is 1. The molecule has 34 heavy (non-hydrogen) atoms. The number of likely N-dealkylation sites (tertiary alicyclic amines) is 1. The Balaban J connectivity index is 1.35. The molecule has 3 N–H and O–H groups in total. The van der Waals surface area contributed by atoms with E-state index >= 15 is 0 Å². The third kappa shape index (κ3) is 5.45. The average molecular weight is 519 g/mol. The summed E-state index contributed by atoms with van der Waals surface area (Å²) >= 11 is 3.41. The monoisotopic (exact) mass is 518 g/mol. The molecular weight excluding hydrogens is 496 g/mol. The molecule has 0 unspecified atom stereocenters. The number of benzene rings is 3. The van der Waals surface area contributed by atoms with Gasteiger partial charge in [0, 0.05) is 34.5 Å². The zero-order valence-electron chi connectivity index (χ0n) is 18.3. The predicted octanol–water partition coefficient (Wildman–Crippen LogP) is 5.09. The molecule has 0 aliphatic carbocycles. The van der Waals surface area contributed by atoms with E-state index in [1.165, 1.54) is 0 Å². The smallest absolute Gasteiger partial charge is 0.321 e. The molecule has 1 fully saturated rings. The summed E-state index contributed by atoms with van der Waals surface area (Å²) in [5.41, 5.74) is 1.90. The highest BCUT2D eigenvalue weighted by molar-refractivity contribution is 9.10. The van der Waals surface area contributed by atoms with Crippen LogP contribution in [0.25, 0.3) is 0 Å². The van der Waals surface area contributed by atoms with E-state index in [4.69, 9.17) is 5.26 Å². The minimum absolute atomic E-state index is 0.256. The van der Waals surface area contributed by atoms with Gasteiger partial charge in [-0.15, -0.1) is 0 Å². The summed E-state index contributed by atoms with van der Waals surface area (Å²) in [6.07, 6.45) is 0.894. The van der Waals surface area contributed by atoms with Crippen molar-refractivity contribution in [3.05, 3.63) is 94.0 Å². The van der Waals surface area contributed by atoms with Gasteiger partial charge >= 0.3 is 6.03 Å². The highest BCUT2D eigenvalue weighted by atomic mass is 79.9. The number of urea groups is 1. The quantitative estimate of drug-likeness (QED) is 0.447. The zero-order valence-corrected chi connectivity index (χ0v) is 19.9. The van der Waals surface area contributed by atoms with Gasteiger partial charge in [-0.2, -0.15) is 5.26 Å². The fourth-order valence-corrected chi connectivity index (χ4v) is 4.17. The van der Waals surface area contributed by atoms with Crippen LogP contribution in [-0.2, 0) is 5.60 Å². The van der Waals surface area contributed by atoms with Crippen molar-refractivity contribution in [3.63, 3.8) is 0 Å². The van der Waals surface area contributed by atoms with Crippen molar-refractivity contribution < 1.29 is 14.7 Å². The highest BCUT2D eigenvalue weighted by Gasteiger charge is 2.35. The summed E-state index contributed by atoms with van der Waals surface area (Å²) in [5.74, 6) is -0.309. The molecule has 0 bridgehead atoms. The highest BCUT2D eigenvalue weighted by Crippen LogP contribution is 2.33. The lowest BCUT2D eigenvalue weighted by Gasteiger charge is -2.38. The molecular formula is C26H23BrN4O3. The first-order valence-electron chi connectivity index (χ1n) is 10.8. The third-order valence-electron chi connectivity index (χ3n) is 5.91. The van der Waals surface area contributed by atoms with E-state index in [1.54, 1.807) is 53.4 Å². The van der Waals surface area contributed by atoms with Crippen molar-refractivity contribution in [1.82, 2.24) is 4.90 Å². The van der Waals surface area contributed by atoms with Crippen LogP contribution in [0, 0.1) is 11.3 Å². The van der Waals surface area contributed by atoms with Gasteiger partial charge in [0.2, 0.25) is 0 Å². The van der Waals surface area contributed by atoms with Gasteiger partial charge in [-0.25, -0.2) is 4.79 Å². The number of halogens is 1. The van der Waals surface area contributed by atoms with Crippen molar-refractivity contribution in [2.24, 2.45) is 0 Å². The molecule has 0 aromatic heterocycles. The second kappa shape index (κ2) is 10.1. The van der Waals surface area contributed by atoms with E-state index in [-0.39, 0.29) is 11.9 Å². The van der Waals surface area contributed by atoms with Gasteiger partial charge in [-0.3, -0.25) is 4.79 Å². The topological polar surface area (TPSA) is 105 Å². The van der Waals surface area contributed by atoms with Crippen LogP contribution in [0.2, 0.25) is 0 Å². The number of carbonyl (C=O) groups excluding carboxylic acids is 2. The van der Waals surface area contributed by atoms with Crippen LogP contribution in [0.3, 0.4) is 0 Å². The van der Waals surface area contributed by atoms with Gasteiger partial charge in [-0.05, 0) is 73.0 Å². The van der Waals surface area contributed by atoms with Crippen molar-refractivity contribution in [1.29, 1.82) is 5.26 Å². The van der Waals surface area contributed by atoms with Crippen LogP contribution in [0.5, 0.6) is 0 Å².